The molecule has 0 saturated heterocycles. The Morgan fingerprint density at radius 2 is 1.68 bits per heavy atom. The van der Waals surface area contributed by atoms with E-state index in [4.69, 9.17) is 5.73 Å². The number of ketones is 2. The third kappa shape index (κ3) is 7.11. The molecule has 9 nitrogen and oxygen atoms in total. The number of aromatic nitrogens is 1. The molecule has 5 N–H and O–H groups in total. The van der Waals surface area contributed by atoms with Gasteiger partial charge in [-0.15, -0.1) is 0 Å². The minimum absolute atomic E-state index is 0.0463. The number of nitrogens with zero attached hydrogens (tertiary/aromatic N) is 1. The summed E-state index contributed by atoms with van der Waals surface area (Å²) in [7, 11) is 0. The van der Waals surface area contributed by atoms with E-state index in [1.165, 1.54) is 37.5 Å². The van der Waals surface area contributed by atoms with Gasteiger partial charge in [-0.1, -0.05) is 54.0 Å². The Balaban J connectivity index is 1.04. The van der Waals surface area contributed by atoms with E-state index in [0.717, 1.165) is 44.2 Å². The molecule has 9 heteroatoms. The van der Waals surface area contributed by atoms with Gasteiger partial charge >= 0.3 is 5.97 Å². The van der Waals surface area contributed by atoms with Crippen molar-refractivity contribution in [2.45, 2.75) is 145 Å². The number of carbonyl (C=O) groups is 4. The molecule has 57 heavy (non-hydrogen) atoms. The first kappa shape index (κ1) is 42.1. The third-order valence-electron chi connectivity index (χ3n) is 17.8. The highest BCUT2D eigenvalue weighted by Crippen LogP contribution is 2.74. The normalized spacial score (nSPS) is 38.4. The van der Waals surface area contributed by atoms with Crippen LogP contribution in [0.1, 0.15) is 150 Å². The van der Waals surface area contributed by atoms with Gasteiger partial charge in [0.05, 0.1) is 11.5 Å². The lowest BCUT2D eigenvalue weighted by molar-refractivity contribution is -0.193. The molecule has 0 bridgehead atoms. The summed E-state index contributed by atoms with van der Waals surface area (Å²) < 4.78 is 0. The number of nitrogens with two attached hydrogens (primary N) is 1. The van der Waals surface area contributed by atoms with Crippen molar-refractivity contribution in [3.8, 4) is 0 Å². The van der Waals surface area contributed by atoms with Crippen LogP contribution in [0, 0.1) is 74.9 Å². The number of pyridine rings is 1. The molecule has 6 aliphatic rings. The second kappa shape index (κ2) is 14.9. The zero-order valence-electron chi connectivity index (χ0n) is 36.4. The Hall–Kier alpha value is -3.07. The zero-order valence-corrected chi connectivity index (χ0v) is 36.4. The van der Waals surface area contributed by atoms with Gasteiger partial charge in [0.1, 0.15) is 11.6 Å². The highest BCUT2D eigenvalue weighted by atomic mass is 16.4. The molecule has 1 heterocycles. The van der Waals surface area contributed by atoms with Crippen LogP contribution in [0.5, 0.6) is 0 Å². The highest BCUT2D eigenvalue weighted by molar-refractivity contribution is 6.00. The summed E-state index contributed by atoms with van der Waals surface area (Å²) in [5.74, 6) is 2.36. The molecule has 1 amide bonds. The topological polar surface area (TPSA) is 151 Å². The van der Waals surface area contributed by atoms with Crippen molar-refractivity contribution in [2.75, 3.05) is 18.8 Å². The molecule has 5 saturated carbocycles. The number of amides is 1. The van der Waals surface area contributed by atoms with Crippen LogP contribution in [0.15, 0.2) is 29.5 Å². The van der Waals surface area contributed by atoms with Gasteiger partial charge in [-0.05, 0) is 160 Å². The van der Waals surface area contributed by atoms with Crippen molar-refractivity contribution >= 4 is 29.3 Å². The van der Waals surface area contributed by atoms with Crippen molar-refractivity contribution in [3.05, 3.63) is 35.0 Å². The molecule has 1 aromatic heterocycles. The van der Waals surface area contributed by atoms with Crippen molar-refractivity contribution in [2.24, 2.45) is 74.9 Å². The number of anilines is 1. The number of hydrogen-bond acceptors (Lipinski definition) is 7. The van der Waals surface area contributed by atoms with Gasteiger partial charge in [0.2, 0.25) is 0 Å². The molecule has 0 spiro atoms. The van der Waals surface area contributed by atoms with Crippen molar-refractivity contribution in [1.29, 1.82) is 0 Å². The summed E-state index contributed by atoms with van der Waals surface area (Å²) in [6, 6.07) is 3.34. The Morgan fingerprint density at radius 1 is 0.965 bits per heavy atom. The first-order valence-electron chi connectivity index (χ1n) is 22.4. The lowest BCUT2D eigenvalue weighted by Crippen LogP contribution is -2.62. The minimum Gasteiger partial charge on any atom is -0.481 e. The lowest BCUT2D eigenvalue weighted by Gasteiger charge is -2.69. The minimum atomic E-state index is -0.759. The molecule has 1 aromatic rings. The first-order chi connectivity index (χ1) is 26.6. The van der Waals surface area contributed by atoms with Crippen LogP contribution in [-0.4, -0.2) is 52.2 Å². The molecule has 0 aliphatic heterocycles. The Morgan fingerprint density at radius 3 is 2.33 bits per heavy atom. The number of aliphatic carboxylic acids is 1. The van der Waals surface area contributed by atoms with Crippen LogP contribution in [0.3, 0.4) is 0 Å². The summed E-state index contributed by atoms with van der Waals surface area (Å²) in [4.78, 5) is 56.3. The second-order valence-corrected chi connectivity index (χ2v) is 22.0. The van der Waals surface area contributed by atoms with Crippen LogP contribution < -0.4 is 16.4 Å². The number of rotatable bonds is 12. The predicted octanol–water partition coefficient (Wildman–Crippen LogP) is 8.67. The van der Waals surface area contributed by atoms with Gasteiger partial charge in [-0.2, -0.15) is 0 Å². The molecule has 7 rings (SSSR count). The standard InChI is InChI=1S/C48H72N4O5/c1-27(2)40-36(54)24-48(20-21-50-26-44(4,5)52-42(55)29-10-13-39(49)51-25-29)19-15-34-31(41(40)48)11-12-38-46(34,8)18-16-37-45(6,7)30(14-17-47(37,38)9)22-35(53)32-23-33(28(32)3)43(56)57/h10,13,25,27-28,30-34,37-38,50H,11-12,14-24,26H2,1-9H3,(H2,49,51)(H,52,55)(H,56,57). The van der Waals surface area contributed by atoms with Crippen molar-refractivity contribution in [3.63, 3.8) is 0 Å². The van der Waals surface area contributed by atoms with Gasteiger partial charge < -0.3 is 21.5 Å². The molecule has 6 aliphatic carbocycles. The number of carbonyl (C=O) groups excluding carboxylic acids is 3. The summed E-state index contributed by atoms with van der Waals surface area (Å²) in [6.45, 7) is 22.0. The van der Waals surface area contributed by atoms with Crippen LogP contribution >= 0.6 is 0 Å². The largest absolute Gasteiger partial charge is 0.481 e. The first-order valence-corrected chi connectivity index (χ1v) is 22.4. The quantitative estimate of drug-likeness (QED) is 0.154. The number of fused-ring (bicyclic) bond motifs is 7. The van der Waals surface area contributed by atoms with E-state index in [2.05, 4.69) is 57.2 Å². The van der Waals surface area contributed by atoms with Gasteiger partial charge in [0, 0.05) is 42.5 Å². The second-order valence-electron chi connectivity index (χ2n) is 22.0. The maximum absolute atomic E-state index is 14.1. The van der Waals surface area contributed by atoms with Crippen LogP contribution in [0.2, 0.25) is 0 Å². The van der Waals surface area contributed by atoms with Gasteiger partial charge in [-0.3, -0.25) is 19.2 Å². The molecule has 0 radical (unpaired) electrons. The highest BCUT2D eigenvalue weighted by Gasteiger charge is 2.66. The molecular weight excluding hydrogens is 713 g/mol. The maximum atomic E-state index is 14.1. The maximum Gasteiger partial charge on any atom is 0.306 e. The SMILES string of the molecule is CC(C)C1=C2C3CCC4C(C)(CCC5C(C)(C)C(CC(=O)C6CC(C(=O)O)C6C)CCC54C)C3CCC2(CCNCC(C)(C)NC(=O)c2ccc(N)nc2)CC1=O. The van der Waals surface area contributed by atoms with E-state index in [9.17, 15) is 24.3 Å². The molecule has 11 unspecified atom stereocenters. The monoisotopic (exact) mass is 785 g/mol. The smallest absolute Gasteiger partial charge is 0.306 e. The molecule has 0 aromatic carbocycles. The van der Waals surface area contributed by atoms with Gasteiger partial charge in [0.25, 0.3) is 5.91 Å². The number of carboxylic acid groups (broad SMARTS) is 1. The van der Waals surface area contributed by atoms with Crippen molar-refractivity contribution < 1.29 is 24.3 Å². The molecule has 314 valence electrons. The fourth-order valence-electron chi connectivity index (χ4n) is 14.8. The fourth-order valence-corrected chi connectivity index (χ4v) is 14.8. The Labute approximate surface area is 341 Å². The third-order valence-corrected chi connectivity index (χ3v) is 17.8. The van der Waals surface area contributed by atoms with Gasteiger partial charge in [-0.25, -0.2) is 4.98 Å². The number of Topliss-reactive ketones (excluding diaryl/α,β-unsaturated/α-hetero) is 2. The van der Waals surface area contributed by atoms with E-state index in [0.29, 0.717) is 78.3 Å². The average Bonchev–Trinajstić information content (AvgIpc) is 3.43. The number of nitrogen functional groups attached to an aromatic ring is 1. The summed E-state index contributed by atoms with van der Waals surface area (Å²) in [6.07, 6.45) is 13.4. The van der Waals surface area contributed by atoms with E-state index < -0.39 is 11.5 Å². The summed E-state index contributed by atoms with van der Waals surface area (Å²) in [5, 5.41) is 16.4. The van der Waals surface area contributed by atoms with E-state index in [1.54, 1.807) is 12.1 Å². The summed E-state index contributed by atoms with van der Waals surface area (Å²) >= 11 is 0. The molecule has 11 atom stereocenters. The number of allylic oxidation sites excluding steroid dienone is 2. The van der Waals surface area contributed by atoms with Crippen LogP contribution in [0.4, 0.5) is 5.82 Å². The predicted molar refractivity (Wildman–Crippen MR) is 224 cm³/mol. The van der Waals surface area contributed by atoms with E-state index >= 15 is 0 Å². The Kier molecular flexibility index (Phi) is 11.0. The fraction of sp³-hybridized carbons (Fsp3) is 0.771. The summed E-state index contributed by atoms with van der Waals surface area (Å²) in [5.41, 5.74) is 8.77. The average molecular weight is 785 g/mol. The van der Waals surface area contributed by atoms with E-state index in [-0.39, 0.29) is 51.2 Å². The number of hydrogen-bond donors (Lipinski definition) is 4. The van der Waals surface area contributed by atoms with Crippen LogP contribution in [0.25, 0.3) is 0 Å². The van der Waals surface area contributed by atoms with Gasteiger partial charge in [0.15, 0.2) is 5.78 Å². The number of carboxylic acids is 1. The number of nitrogens with one attached hydrogen (secondary N) is 2. The van der Waals surface area contributed by atoms with E-state index in [1.807, 2.05) is 20.8 Å². The molecular formula is C48H72N4O5. The van der Waals surface area contributed by atoms with Crippen molar-refractivity contribution in [1.82, 2.24) is 15.6 Å². The Bertz CT molecular complexity index is 1800. The molecule has 5 fully saturated rings. The van der Waals surface area contributed by atoms with Crippen LogP contribution in [-0.2, 0) is 14.4 Å². The lowest BCUT2D eigenvalue weighted by atomic mass is 9.35. The zero-order chi connectivity index (χ0) is 41.5.